The van der Waals surface area contributed by atoms with Gasteiger partial charge in [-0.1, -0.05) is 13.0 Å². The van der Waals surface area contributed by atoms with E-state index in [0.717, 1.165) is 18.9 Å². The van der Waals surface area contributed by atoms with Gasteiger partial charge >= 0.3 is 5.97 Å². The number of thiophene rings is 3. The number of fused-ring (bicyclic) bond motifs is 1. The van der Waals surface area contributed by atoms with Crippen LogP contribution in [0.2, 0.25) is 0 Å². The van der Waals surface area contributed by atoms with Gasteiger partial charge in [0, 0.05) is 24.4 Å². The minimum atomic E-state index is -3.76. The fraction of sp³-hybridized carbons (Fsp3) is 0.235. The molecule has 0 bridgehead atoms. The van der Waals surface area contributed by atoms with Crippen LogP contribution in [-0.2, 0) is 21.4 Å². The van der Waals surface area contributed by atoms with Gasteiger partial charge in [-0.15, -0.1) is 34.0 Å². The van der Waals surface area contributed by atoms with Crippen LogP contribution in [-0.4, -0.2) is 29.8 Å². The van der Waals surface area contributed by atoms with Crippen LogP contribution in [0.5, 0.6) is 0 Å². The predicted molar refractivity (Wildman–Crippen MR) is 105 cm³/mol. The molecule has 0 fully saturated rings. The smallest absolute Gasteiger partial charge is 0.322 e. The van der Waals surface area contributed by atoms with Crippen molar-refractivity contribution >= 4 is 50.0 Å². The molecule has 136 valence electrons. The summed E-state index contributed by atoms with van der Waals surface area (Å²) in [6.07, 6.45) is 0.242. The molecule has 0 saturated carbocycles. The fourth-order valence-corrected chi connectivity index (χ4v) is 8.33. The maximum atomic E-state index is 12.8. The van der Waals surface area contributed by atoms with E-state index >= 15 is 0 Å². The Morgan fingerprint density at radius 1 is 1.19 bits per heavy atom. The predicted octanol–water partition coefficient (Wildman–Crippen LogP) is 4.57. The molecule has 4 heterocycles. The van der Waals surface area contributed by atoms with Crippen LogP contribution >= 0.6 is 34.0 Å². The van der Waals surface area contributed by atoms with Crippen molar-refractivity contribution in [2.75, 3.05) is 0 Å². The molecule has 1 aliphatic rings. The lowest BCUT2D eigenvalue weighted by Gasteiger charge is -2.21. The van der Waals surface area contributed by atoms with Crippen molar-refractivity contribution in [1.29, 1.82) is 0 Å². The molecule has 0 radical (unpaired) electrons. The Hall–Kier alpha value is -1.52. The molecule has 1 N–H and O–H groups in total. The van der Waals surface area contributed by atoms with E-state index in [1.165, 1.54) is 16.2 Å². The van der Waals surface area contributed by atoms with E-state index in [2.05, 4.69) is 12.1 Å². The third-order valence-electron chi connectivity index (χ3n) is 4.29. The molecule has 0 spiro atoms. The molecule has 1 unspecified atom stereocenters. The molecule has 0 aliphatic carbocycles. The summed E-state index contributed by atoms with van der Waals surface area (Å²) in [5.74, 6) is -1.11. The minimum absolute atomic E-state index is 0.135. The molecule has 26 heavy (non-hydrogen) atoms. The Balaban J connectivity index is 1.67. The minimum Gasteiger partial charge on any atom is -0.480 e. The first-order chi connectivity index (χ1) is 12.4. The molecular formula is C17H15NO4S4. The number of carboxylic acids is 1. The Kier molecular flexibility index (Phi) is 4.52. The van der Waals surface area contributed by atoms with Gasteiger partial charge in [-0.25, -0.2) is 8.42 Å². The number of hydrogen-bond donors (Lipinski definition) is 1. The molecular weight excluding hydrogens is 410 g/mol. The number of sulfonamides is 1. The average Bonchev–Trinajstić information content (AvgIpc) is 3.33. The Labute approximate surface area is 163 Å². The zero-order valence-corrected chi connectivity index (χ0v) is 17.0. The Morgan fingerprint density at radius 3 is 2.50 bits per heavy atom. The van der Waals surface area contributed by atoms with E-state index in [-0.39, 0.29) is 17.9 Å². The quantitative estimate of drug-likeness (QED) is 0.650. The molecule has 0 aromatic carbocycles. The zero-order chi connectivity index (χ0) is 18.5. The van der Waals surface area contributed by atoms with Crippen molar-refractivity contribution in [2.45, 2.75) is 30.8 Å². The first-order valence-electron chi connectivity index (χ1n) is 7.93. The van der Waals surface area contributed by atoms with Crippen LogP contribution in [0, 0.1) is 0 Å². The lowest BCUT2D eigenvalue weighted by Crippen LogP contribution is -2.40. The first kappa shape index (κ1) is 17.9. The van der Waals surface area contributed by atoms with Crippen molar-refractivity contribution in [3.05, 3.63) is 40.6 Å². The summed E-state index contributed by atoms with van der Waals surface area (Å²) in [6, 6.07) is 8.80. The summed E-state index contributed by atoms with van der Waals surface area (Å²) in [6.45, 7) is 1.82. The van der Waals surface area contributed by atoms with E-state index in [1.54, 1.807) is 35.7 Å². The maximum Gasteiger partial charge on any atom is 0.322 e. The summed E-state index contributed by atoms with van der Waals surface area (Å²) in [5, 5.41) is 11.3. The van der Waals surface area contributed by atoms with Crippen molar-refractivity contribution in [3.63, 3.8) is 0 Å². The number of rotatable bonds is 5. The van der Waals surface area contributed by atoms with Crippen molar-refractivity contribution in [3.8, 4) is 19.5 Å². The molecule has 0 amide bonds. The second kappa shape index (κ2) is 6.58. The summed E-state index contributed by atoms with van der Waals surface area (Å²) in [5.41, 5.74) is 0. The average molecular weight is 426 g/mol. The van der Waals surface area contributed by atoms with Crippen LogP contribution in [0.25, 0.3) is 19.5 Å². The summed E-state index contributed by atoms with van der Waals surface area (Å²) < 4.78 is 26.7. The van der Waals surface area contributed by atoms with Crippen LogP contribution in [0.15, 0.2) is 40.6 Å². The molecule has 1 aliphatic heterocycles. The van der Waals surface area contributed by atoms with Gasteiger partial charge in [0.1, 0.15) is 6.04 Å². The normalized spacial score (nSPS) is 17.3. The largest absolute Gasteiger partial charge is 0.480 e. The highest BCUT2D eigenvalue weighted by Gasteiger charge is 2.43. The van der Waals surface area contributed by atoms with E-state index in [9.17, 15) is 18.3 Å². The van der Waals surface area contributed by atoms with Gasteiger partial charge in [0.25, 0.3) is 0 Å². The number of nitrogens with zero attached hydrogens (tertiary/aromatic N) is 1. The third-order valence-corrected chi connectivity index (χ3v) is 9.81. The molecule has 5 nitrogen and oxygen atoms in total. The van der Waals surface area contributed by atoms with Crippen molar-refractivity contribution in [2.24, 2.45) is 0 Å². The van der Waals surface area contributed by atoms with E-state index in [1.807, 2.05) is 17.5 Å². The van der Waals surface area contributed by atoms with Crippen LogP contribution in [0.3, 0.4) is 0 Å². The number of carboxylic acid groups (broad SMARTS) is 1. The molecule has 1 atom stereocenters. The van der Waals surface area contributed by atoms with Crippen LogP contribution < -0.4 is 0 Å². The summed E-state index contributed by atoms with van der Waals surface area (Å²) in [4.78, 5) is 16.6. The van der Waals surface area contributed by atoms with E-state index in [0.29, 0.717) is 4.88 Å². The van der Waals surface area contributed by atoms with Crippen molar-refractivity contribution < 1.29 is 18.3 Å². The second-order valence-corrected chi connectivity index (χ2v) is 10.9. The number of carbonyl (C=O) groups is 1. The number of hydrogen-bond acceptors (Lipinski definition) is 6. The molecule has 9 heteroatoms. The number of aliphatic carboxylic acids is 1. The monoisotopic (exact) mass is 425 g/mol. The van der Waals surface area contributed by atoms with Crippen LogP contribution in [0.1, 0.15) is 18.2 Å². The topological polar surface area (TPSA) is 74.7 Å². The van der Waals surface area contributed by atoms with Crippen LogP contribution in [0.4, 0.5) is 0 Å². The molecule has 0 saturated heterocycles. The highest BCUT2D eigenvalue weighted by Crippen LogP contribution is 2.45. The summed E-state index contributed by atoms with van der Waals surface area (Å²) in [7, 11) is -3.76. The highest BCUT2D eigenvalue weighted by atomic mass is 32.2. The van der Waals surface area contributed by atoms with Gasteiger partial charge < -0.3 is 5.11 Å². The molecule has 3 aromatic rings. The standard InChI is InChI=1S/C17H15NO4S4/c1-2-10(17(19)20)18-9-15-16(26(18,21)22)8-14(25-15)13-6-5-12(24-13)11-4-3-7-23-11/h3-8,10H,2,9H2,1H3,(H,19,20). The van der Waals surface area contributed by atoms with E-state index in [4.69, 9.17) is 0 Å². The fourth-order valence-electron chi connectivity index (χ4n) is 3.02. The second-order valence-electron chi connectivity index (χ2n) is 5.85. The SMILES string of the molecule is CCC(C(=O)O)N1Cc2sc(-c3ccc(-c4cccs4)s3)cc2S1(=O)=O. The third kappa shape index (κ3) is 2.84. The van der Waals surface area contributed by atoms with E-state index < -0.39 is 22.0 Å². The highest BCUT2D eigenvalue weighted by molar-refractivity contribution is 7.89. The van der Waals surface area contributed by atoms with Gasteiger partial charge in [-0.05, 0) is 36.1 Å². The van der Waals surface area contributed by atoms with Gasteiger partial charge in [0.05, 0.1) is 11.4 Å². The summed E-state index contributed by atoms with van der Waals surface area (Å²) >= 11 is 4.74. The lowest BCUT2D eigenvalue weighted by molar-refractivity contribution is -0.141. The van der Waals surface area contributed by atoms with Crippen molar-refractivity contribution in [1.82, 2.24) is 4.31 Å². The first-order valence-corrected chi connectivity index (χ1v) is 11.9. The van der Waals surface area contributed by atoms with Gasteiger partial charge in [0.15, 0.2) is 0 Å². The zero-order valence-electron chi connectivity index (χ0n) is 13.7. The Morgan fingerprint density at radius 2 is 1.92 bits per heavy atom. The van der Waals surface area contributed by atoms with Gasteiger partial charge in [0.2, 0.25) is 10.0 Å². The molecule has 3 aromatic heterocycles. The Bertz CT molecular complexity index is 1060. The van der Waals surface area contributed by atoms with Gasteiger partial charge in [-0.3, -0.25) is 4.79 Å². The molecule has 4 rings (SSSR count). The van der Waals surface area contributed by atoms with Gasteiger partial charge in [-0.2, -0.15) is 4.31 Å². The maximum absolute atomic E-state index is 12.8. The lowest BCUT2D eigenvalue weighted by atomic mass is 10.2.